The van der Waals surface area contributed by atoms with E-state index in [1.165, 1.54) is 12.1 Å². The molecular weight excluding hydrogens is 242 g/mol. The lowest BCUT2D eigenvalue weighted by Crippen LogP contribution is -2.01. The van der Waals surface area contributed by atoms with Gasteiger partial charge in [0, 0.05) is 18.2 Å². The first kappa shape index (κ1) is 13.0. The number of nitrogens with one attached hydrogen (secondary N) is 1. The van der Waals surface area contributed by atoms with Crippen LogP contribution in [0, 0.1) is 17.0 Å². The molecular formula is C14H15N3O2. The van der Waals surface area contributed by atoms with E-state index in [2.05, 4.69) is 10.3 Å². The summed E-state index contributed by atoms with van der Waals surface area (Å²) in [6, 6.07) is 10.7. The molecule has 0 bridgehead atoms. The van der Waals surface area contributed by atoms with Crippen molar-refractivity contribution in [1.29, 1.82) is 0 Å². The van der Waals surface area contributed by atoms with Crippen LogP contribution < -0.4 is 5.32 Å². The Kier molecular flexibility index (Phi) is 3.75. The maximum atomic E-state index is 11.0. The van der Waals surface area contributed by atoms with E-state index in [9.17, 15) is 10.1 Å². The fraction of sp³-hybridized carbons (Fsp3) is 0.214. The number of pyridine rings is 1. The maximum absolute atomic E-state index is 11.0. The number of hydrogen-bond acceptors (Lipinski definition) is 4. The molecule has 0 saturated heterocycles. The minimum atomic E-state index is -0.401. The van der Waals surface area contributed by atoms with E-state index in [0.717, 1.165) is 11.1 Å². The summed E-state index contributed by atoms with van der Waals surface area (Å²) >= 11 is 0. The molecule has 98 valence electrons. The zero-order chi connectivity index (χ0) is 13.8. The number of aryl methyl sites for hydroxylation is 1. The van der Waals surface area contributed by atoms with E-state index in [-0.39, 0.29) is 5.69 Å². The lowest BCUT2D eigenvalue weighted by atomic mass is 10.1. The smallest absolute Gasteiger partial charge is 0.275 e. The summed E-state index contributed by atoms with van der Waals surface area (Å²) in [6.45, 7) is 4.57. The highest BCUT2D eigenvalue weighted by atomic mass is 16.6. The Balaban J connectivity index is 2.52. The van der Waals surface area contributed by atoms with Gasteiger partial charge in [-0.2, -0.15) is 0 Å². The number of aromatic nitrogens is 1. The Morgan fingerprint density at radius 3 is 2.74 bits per heavy atom. The molecule has 0 amide bonds. The number of nitro groups is 1. The van der Waals surface area contributed by atoms with Crippen molar-refractivity contribution in [2.45, 2.75) is 13.8 Å². The van der Waals surface area contributed by atoms with E-state index in [1.807, 2.05) is 38.1 Å². The van der Waals surface area contributed by atoms with Gasteiger partial charge in [-0.3, -0.25) is 10.1 Å². The SMILES string of the molecule is CCNc1cc([N+](=O)[O-])cc(-c2cccc(C)c2)n1. The average molecular weight is 257 g/mol. The van der Waals surface area contributed by atoms with Crippen molar-refractivity contribution < 1.29 is 4.92 Å². The van der Waals surface area contributed by atoms with Gasteiger partial charge in [-0.1, -0.05) is 23.8 Å². The highest BCUT2D eigenvalue weighted by Crippen LogP contribution is 2.25. The molecule has 0 radical (unpaired) electrons. The fourth-order valence-corrected chi connectivity index (χ4v) is 1.85. The molecule has 2 aromatic rings. The van der Waals surface area contributed by atoms with Crippen LogP contribution in [-0.2, 0) is 0 Å². The molecule has 0 aliphatic rings. The third kappa shape index (κ3) is 3.07. The summed E-state index contributed by atoms with van der Waals surface area (Å²) in [4.78, 5) is 15.0. The van der Waals surface area contributed by atoms with Gasteiger partial charge in [0.1, 0.15) is 5.82 Å². The summed E-state index contributed by atoms with van der Waals surface area (Å²) < 4.78 is 0. The standard InChI is InChI=1S/C14H15N3O2/c1-3-15-14-9-12(17(18)19)8-13(16-14)11-6-4-5-10(2)7-11/h4-9H,3H2,1-2H3,(H,15,16). The molecule has 0 saturated carbocycles. The molecule has 0 aliphatic heterocycles. The van der Waals surface area contributed by atoms with Gasteiger partial charge in [0.05, 0.1) is 16.7 Å². The molecule has 0 aliphatic carbocycles. The van der Waals surface area contributed by atoms with Gasteiger partial charge in [0.15, 0.2) is 0 Å². The van der Waals surface area contributed by atoms with Gasteiger partial charge in [0.25, 0.3) is 5.69 Å². The summed E-state index contributed by atoms with van der Waals surface area (Å²) in [7, 11) is 0. The molecule has 1 aromatic heterocycles. The molecule has 0 fully saturated rings. The first-order chi connectivity index (χ1) is 9.10. The third-order valence-corrected chi connectivity index (χ3v) is 2.69. The van der Waals surface area contributed by atoms with Crippen molar-refractivity contribution in [1.82, 2.24) is 4.98 Å². The molecule has 0 spiro atoms. The molecule has 5 nitrogen and oxygen atoms in total. The first-order valence-electron chi connectivity index (χ1n) is 6.07. The van der Waals surface area contributed by atoms with E-state index >= 15 is 0 Å². The van der Waals surface area contributed by atoms with Crippen LogP contribution in [0.2, 0.25) is 0 Å². The number of rotatable bonds is 4. The van der Waals surface area contributed by atoms with Gasteiger partial charge < -0.3 is 5.32 Å². The molecule has 0 atom stereocenters. The lowest BCUT2D eigenvalue weighted by Gasteiger charge is -2.07. The minimum absolute atomic E-state index is 0.0439. The van der Waals surface area contributed by atoms with Gasteiger partial charge in [-0.25, -0.2) is 4.98 Å². The van der Waals surface area contributed by atoms with E-state index < -0.39 is 4.92 Å². The second-order valence-corrected chi connectivity index (χ2v) is 4.25. The number of hydrogen-bond donors (Lipinski definition) is 1. The van der Waals surface area contributed by atoms with Crippen LogP contribution in [0.3, 0.4) is 0 Å². The quantitative estimate of drug-likeness (QED) is 0.673. The van der Waals surface area contributed by atoms with Crippen LogP contribution >= 0.6 is 0 Å². The summed E-state index contributed by atoms with van der Waals surface area (Å²) in [6.07, 6.45) is 0. The van der Waals surface area contributed by atoms with Crippen molar-refractivity contribution in [3.8, 4) is 11.3 Å². The van der Waals surface area contributed by atoms with Crippen molar-refractivity contribution in [2.24, 2.45) is 0 Å². The fourth-order valence-electron chi connectivity index (χ4n) is 1.85. The highest BCUT2D eigenvalue weighted by molar-refractivity contribution is 5.65. The number of nitrogens with zero attached hydrogens (tertiary/aromatic N) is 2. The maximum Gasteiger partial charge on any atom is 0.275 e. The van der Waals surface area contributed by atoms with Crippen molar-refractivity contribution in [3.05, 3.63) is 52.1 Å². The van der Waals surface area contributed by atoms with Crippen molar-refractivity contribution in [3.63, 3.8) is 0 Å². The predicted molar refractivity (Wildman–Crippen MR) is 75.2 cm³/mol. The van der Waals surface area contributed by atoms with Gasteiger partial charge >= 0.3 is 0 Å². The Bertz CT molecular complexity index is 611. The molecule has 5 heteroatoms. The lowest BCUT2D eigenvalue weighted by molar-refractivity contribution is -0.384. The Labute approximate surface area is 111 Å². The largest absolute Gasteiger partial charge is 0.370 e. The van der Waals surface area contributed by atoms with Gasteiger partial charge in [-0.05, 0) is 19.9 Å². The van der Waals surface area contributed by atoms with Crippen LogP contribution in [0.4, 0.5) is 11.5 Å². The highest BCUT2D eigenvalue weighted by Gasteiger charge is 2.12. The molecule has 0 unspecified atom stereocenters. The van der Waals surface area contributed by atoms with E-state index in [4.69, 9.17) is 0 Å². The Morgan fingerprint density at radius 1 is 1.32 bits per heavy atom. The zero-order valence-corrected chi connectivity index (χ0v) is 10.9. The van der Waals surface area contributed by atoms with Crippen LogP contribution in [-0.4, -0.2) is 16.5 Å². The van der Waals surface area contributed by atoms with Crippen LogP contribution in [0.1, 0.15) is 12.5 Å². The van der Waals surface area contributed by atoms with E-state index in [0.29, 0.717) is 18.1 Å². The molecule has 1 N–H and O–H groups in total. The molecule has 1 heterocycles. The van der Waals surface area contributed by atoms with Gasteiger partial charge in [-0.15, -0.1) is 0 Å². The van der Waals surface area contributed by atoms with Gasteiger partial charge in [0.2, 0.25) is 0 Å². The topological polar surface area (TPSA) is 68.1 Å². The minimum Gasteiger partial charge on any atom is -0.370 e. The first-order valence-corrected chi connectivity index (χ1v) is 6.07. The van der Waals surface area contributed by atoms with E-state index in [1.54, 1.807) is 0 Å². The second-order valence-electron chi connectivity index (χ2n) is 4.25. The monoisotopic (exact) mass is 257 g/mol. The summed E-state index contributed by atoms with van der Waals surface area (Å²) in [5, 5.41) is 14.0. The van der Waals surface area contributed by atoms with Crippen molar-refractivity contribution >= 4 is 11.5 Å². The Hall–Kier alpha value is -2.43. The summed E-state index contributed by atoms with van der Waals surface area (Å²) in [5.41, 5.74) is 2.62. The van der Waals surface area contributed by atoms with Crippen LogP contribution in [0.15, 0.2) is 36.4 Å². The predicted octanol–water partition coefficient (Wildman–Crippen LogP) is 3.40. The third-order valence-electron chi connectivity index (χ3n) is 2.69. The average Bonchev–Trinajstić information content (AvgIpc) is 2.38. The molecule has 2 rings (SSSR count). The van der Waals surface area contributed by atoms with Crippen LogP contribution in [0.25, 0.3) is 11.3 Å². The number of anilines is 1. The second kappa shape index (κ2) is 5.48. The van der Waals surface area contributed by atoms with Crippen molar-refractivity contribution in [2.75, 3.05) is 11.9 Å². The van der Waals surface area contributed by atoms with Crippen LogP contribution in [0.5, 0.6) is 0 Å². The molecule has 19 heavy (non-hydrogen) atoms. The number of benzene rings is 1. The molecule has 1 aromatic carbocycles. The Morgan fingerprint density at radius 2 is 2.11 bits per heavy atom. The summed E-state index contributed by atoms with van der Waals surface area (Å²) in [5.74, 6) is 0.521. The normalized spacial score (nSPS) is 10.2. The zero-order valence-electron chi connectivity index (χ0n) is 10.9.